The molecular formula is C10H19N3O2. The van der Waals surface area contributed by atoms with Gasteiger partial charge in [-0.15, -0.1) is 0 Å². The third-order valence-electron chi connectivity index (χ3n) is 2.09. The molecule has 5 heteroatoms. The second kappa shape index (κ2) is 6.42. The standard InChI is InChI=1S/C10H19N3O2/c1-9-10(11)8-13(12-9)4-7-15-6-3-5-14-2/h8H,3-7,11H2,1-2H3. The van der Waals surface area contributed by atoms with Crippen LogP contribution in [-0.2, 0) is 16.0 Å². The smallest absolute Gasteiger partial charge is 0.0822 e. The molecule has 2 N–H and O–H groups in total. The van der Waals surface area contributed by atoms with Gasteiger partial charge in [0.05, 0.1) is 24.5 Å². The fourth-order valence-corrected chi connectivity index (χ4v) is 1.21. The Morgan fingerprint density at radius 2 is 2.20 bits per heavy atom. The van der Waals surface area contributed by atoms with Crippen molar-refractivity contribution in [1.29, 1.82) is 0 Å². The summed E-state index contributed by atoms with van der Waals surface area (Å²) < 4.78 is 12.1. The van der Waals surface area contributed by atoms with E-state index in [9.17, 15) is 0 Å². The Morgan fingerprint density at radius 3 is 2.80 bits per heavy atom. The quantitative estimate of drug-likeness (QED) is 0.681. The number of methoxy groups -OCH3 is 1. The fraction of sp³-hybridized carbons (Fsp3) is 0.700. The summed E-state index contributed by atoms with van der Waals surface area (Å²) in [4.78, 5) is 0. The summed E-state index contributed by atoms with van der Waals surface area (Å²) >= 11 is 0. The van der Waals surface area contributed by atoms with Crippen LogP contribution in [0.5, 0.6) is 0 Å². The van der Waals surface area contributed by atoms with Gasteiger partial charge in [-0.3, -0.25) is 4.68 Å². The van der Waals surface area contributed by atoms with Gasteiger partial charge in [0.1, 0.15) is 0 Å². The van der Waals surface area contributed by atoms with Gasteiger partial charge >= 0.3 is 0 Å². The van der Waals surface area contributed by atoms with E-state index >= 15 is 0 Å². The number of aryl methyl sites for hydroxylation is 1. The van der Waals surface area contributed by atoms with Crippen LogP contribution in [0.4, 0.5) is 5.69 Å². The minimum atomic E-state index is 0.657. The summed E-state index contributed by atoms with van der Waals surface area (Å²) in [7, 11) is 1.69. The zero-order chi connectivity index (χ0) is 11.1. The van der Waals surface area contributed by atoms with E-state index < -0.39 is 0 Å². The molecule has 1 aromatic heterocycles. The molecule has 86 valence electrons. The first-order chi connectivity index (χ1) is 7.24. The highest BCUT2D eigenvalue weighted by molar-refractivity contribution is 5.39. The number of ether oxygens (including phenoxy) is 2. The van der Waals surface area contributed by atoms with Crippen molar-refractivity contribution in [3.8, 4) is 0 Å². The van der Waals surface area contributed by atoms with Crippen LogP contribution in [0.2, 0.25) is 0 Å². The Kier molecular flexibility index (Phi) is 5.14. The molecule has 1 aromatic rings. The van der Waals surface area contributed by atoms with Crippen LogP contribution in [0.1, 0.15) is 12.1 Å². The first kappa shape index (κ1) is 12.0. The van der Waals surface area contributed by atoms with E-state index in [0.717, 1.165) is 37.6 Å². The molecule has 0 aliphatic rings. The number of rotatable bonds is 7. The maximum atomic E-state index is 5.67. The molecule has 0 spiro atoms. The zero-order valence-corrected chi connectivity index (χ0v) is 9.40. The molecule has 0 radical (unpaired) electrons. The van der Waals surface area contributed by atoms with Crippen LogP contribution in [0.25, 0.3) is 0 Å². The lowest BCUT2D eigenvalue weighted by Gasteiger charge is -2.03. The van der Waals surface area contributed by atoms with E-state index in [2.05, 4.69) is 5.10 Å². The largest absolute Gasteiger partial charge is 0.396 e. The number of anilines is 1. The van der Waals surface area contributed by atoms with E-state index in [4.69, 9.17) is 15.2 Å². The Hall–Kier alpha value is -1.07. The molecule has 0 aromatic carbocycles. The Labute approximate surface area is 90.2 Å². The van der Waals surface area contributed by atoms with Gasteiger partial charge in [-0.25, -0.2) is 0 Å². The first-order valence-corrected chi connectivity index (χ1v) is 5.10. The van der Waals surface area contributed by atoms with Crippen LogP contribution < -0.4 is 5.73 Å². The number of hydrogen-bond acceptors (Lipinski definition) is 4. The molecule has 1 heterocycles. The third-order valence-corrected chi connectivity index (χ3v) is 2.09. The van der Waals surface area contributed by atoms with Crippen molar-refractivity contribution >= 4 is 5.69 Å². The lowest BCUT2D eigenvalue weighted by molar-refractivity contribution is 0.0961. The van der Waals surface area contributed by atoms with Gasteiger partial charge in [-0.1, -0.05) is 0 Å². The molecule has 0 bridgehead atoms. The van der Waals surface area contributed by atoms with Crippen molar-refractivity contribution in [2.24, 2.45) is 0 Å². The lowest BCUT2D eigenvalue weighted by Crippen LogP contribution is -2.08. The van der Waals surface area contributed by atoms with Crippen LogP contribution >= 0.6 is 0 Å². The van der Waals surface area contributed by atoms with Crippen molar-refractivity contribution in [3.05, 3.63) is 11.9 Å². The van der Waals surface area contributed by atoms with Crippen LogP contribution in [-0.4, -0.2) is 36.7 Å². The molecule has 0 aliphatic carbocycles. The van der Waals surface area contributed by atoms with Gasteiger partial charge in [0.25, 0.3) is 0 Å². The van der Waals surface area contributed by atoms with E-state index in [0.29, 0.717) is 6.61 Å². The van der Waals surface area contributed by atoms with Crippen LogP contribution in [0.15, 0.2) is 6.20 Å². The number of nitrogens with two attached hydrogens (primary N) is 1. The van der Waals surface area contributed by atoms with E-state index in [-0.39, 0.29) is 0 Å². The van der Waals surface area contributed by atoms with Gasteiger partial charge in [0.2, 0.25) is 0 Å². The van der Waals surface area contributed by atoms with Gasteiger partial charge in [-0.2, -0.15) is 5.10 Å². The SMILES string of the molecule is COCCCOCCn1cc(N)c(C)n1. The number of nitrogens with zero attached hydrogens (tertiary/aromatic N) is 2. The highest BCUT2D eigenvalue weighted by Crippen LogP contribution is 2.05. The van der Waals surface area contributed by atoms with E-state index in [1.54, 1.807) is 11.8 Å². The maximum absolute atomic E-state index is 5.67. The highest BCUT2D eigenvalue weighted by Gasteiger charge is 1.99. The molecule has 0 aliphatic heterocycles. The predicted octanol–water partition coefficient (Wildman–Crippen LogP) is 0.827. The summed E-state index contributed by atoms with van der Waals surface area (Å²) in [5.74, 6) is 0. The Morgan fingerprint density at radius 1 is 1.40 bits per heavy atom. The molecule has 1 rings (SSSR count). The van der Waals surface area contributed by atoms with Gasteiger partial charge in [-0.05, 0) is 13.3 Å². The molecule has 0 atom stereocenters. The average Bonchev–Trinajstić information content (AvgIpc) is 2.52. The van der Waals surface area contributed by atoms with Crippen molar-refractivity contribution < 1.29 is 9.47 Å². The Bertz CT molecular complexity index is 267. The van der Waals surface area contributed by atoms with Crippen molar-refractivity contribution in [1.82, 2.24) is 9.78 Å². The minimum Gasteiger partial charge on any atom is -0.396 e. The second-order valence-electron chi connectivity index (χ2n) is 3.39. The van der Waals surface area contributed by atoms with Gasteiger partial charge in [0, 0.05) is 26.5 Å². The summed E-state index contributed by atoms with van der Waals surface area (Å²) in [6.45, 7) is 4.76. The third kappa shape index (κ3) is 4.31. The van der Waals surface area contributed by atoms with E-state index in [1.165, 1.54) is 0 Å². The fourth-order valence-electron chi connectivity index (χ4n) is 1.21. The van der Waals surface area contributed by atoms with Crippen LogP contribution in [0, 0.1) is 6.92 Å². The molecule has 0 unspecified atom stereocenters. The zero-order valence-electron chi connectivity index (χ0n) is 9.40. The summed E-state index contributed by atoms with van der Waals surface area (Å²) in [6, 6.07) is 0. The average molecular weight is 213 g/mol. The summed E-state index contributed by atoms with van der Waals surface area (Å²) in [5, 5.41) is 4.23. The molecule has 0 saturated carbocycles. The van der Waals surface area contributed by atoms with Crippen molar-refractivity contribution in [2.45, 2.75) is 19.9 Å². The molecular weight excluding hydrogens is 194 g/mol. The number of aromatic nitrogens is 2. The molecule has 0 fully saturated rings. The topological polar surface area (TPSA) is 62.3 Å². The predicted molar refractivity (Wildman–Crippen MR) is 58.7 cm³/mol. The maximum Gasteiger partial charge on any atom is 0.0822 e. The molecule has 0 saturated heterocycles. The van der Waals surface area contributed by atoms with E-state index in [1.807, 2.05) is 13.1 Å². The minimum absolute atomic E-state index is 0.657. The summed E-state index contributed by atoms with van der Waals surface area (Å²) in [5.41, 5.74) is 7.27. The number of hydrogen-bond donors (Lipinski definition) is 1. The highest BCUT2D eigenvalue weighted by atomic mass is 16.5. The van der Waals surface area contributed by atoms with Gasteiger partial charge in [0.15, 0.2) is 0 Å². The van der Waals surface area contributed by atoms with Crippen molar-refractivity contribution in [2.75, 3.05) is 32.7 Å². The lowest BCUT2D eigenvalue weighted by atomic mass is 10.4. The van der Waals surface area contributed by atoms with Crippen LogP contribution in [0.3, 0.4) is 0 Å². The first-order valence-electron chi connectivity index (χ1n) is 5.10. The molecule has 5 nitrogen and oxygen atoms in total. The summed E-state index contributed by atoms with van der Waals surface area (Å²) in [6.07, 6.45) is 2.75. The Balaban J connectivity index is 2.10. The molecule has 15 heavy (non-hydrogen) atoms. The van der Waals surface area contributed by atoms with Gasteiger partial charge < -0.3 is 15.2 Å². The number of nitrogen functional groups attached to an aromatic ring is 1. The normalized spacial score (nSPS) is 10.8. The van der Waals surface area contributed by atoms with Crippen molar-refractivity contribution in [3.63, 3.8) is 0 Å². The molecule has 0 amide bonds. The monoisotopic (exact) mass is 213 g/mol. The second-order valence-corrected chi connectivity index (χ2v) is 3.39.